The van der Waals surface area contributed by atoms with Gasteiger partial charge in [0.25, 0.3) is 0 Å². The fourth-order valence-corrected chi connectivity index (χ4v) is 4.30. The molecule has 150 valence electrons. The molecule has 0 saturated carbocycles. The van der Waals surface area contributed by atoms with Crippen LogP contribution in [0.2, 0.25) is 0 Å². The van der Waals surface area contributed by atoms with Gasteiger partial charge in [-0.3, -0.25) is 9.88 Å². The van der Waals surface area contributed by atoms with Crippen LogP contribution in [0, 0.1) is 0 Å². The molecule has 2 aliphatic rings. The highest BCUT2D eigenvalue weighted by atomic mass is 19.4. The second kappa shape index (κ2) is 7.66. The summed E-state index contributed by atoms with van der Waals surface area (Å²) in [5.74, 6) is 0.435. The molecule has 0 radical (unpaired) electrons. The first-order valence-electron chi connectivity index (χ1n) is 9.79. The highest BCUT2D eigenvalue weighted by molar-refractivity contribution is 5.57. The van der Waals surface area contributed by atoms with Crippen molar-refractivity contribution in [3.8, 4) is 11.4 Å². The molecule has 0 aliphatic carbocycles. The van der Waals surface area contributed by atoms with Crippen LogP contribution in [0.15, 0.2) is 30.6 Å². The topological polar surface area (TPSA) is 45.2 Å². The molecule has 2 aromatic rings. The van der Waals surface area contributed by atoms with Gasteiger partial charge in [0.2, 0.25) is 0 Å². The molecule has 4 rings (SSSR count). The van der Waals surface area contributed by atoms with Crippen LogP contribution in [0.3, 0.4) is 0 Å². The molecule has 0 amide bonds. The van der Waals surface area contributed by atoms with Crippen molar-refractivity contribution in [3.05, 3.63) is 36.3 Å². The number of likely N-dealkylation sites (tertiary alicyclic amines) is 1. The van der Waals surface area contributed by atoms with Crippen molar-refractivity contribution in [1.29, 1.82) is 0 Å². The zero-order valence-electron chi connectivity index (χ0n) is 15.9. The van der Waals surface area contributed by atoms with Gasteiger partial charge in [0.05, 0.1) is 0 Å². The summed E-state index contributed by atoms with van der Waals surface area (Å²) in [6, 6.07) is 5.44. The van der Waals surface area contributed by atoms with Gasteiger partial charge >= 0.3 is 6.18 Å². The van der Waals surface area contributed by atoms with Crippen LogP contribution in [-0.4, -0.2) is 51.6 Å². The van der Waals surface area contributed by atoms with E-state index in [0.717, 1.165) is 25.5 Å². The summed E-state index contributed by atoms with van der Waals surface area (Å²) in [4.78, 5) is 16.6. The monoisotopic (exact) mass is 391 g/mol. The first-order chi connectivity index (χ1) is 13.4. The summed E-state index contributed by atoms with van der Waals surface area (Å²) in [7, 11) is 0. The number of aromatic nitrogens is 3. The average Bonchev–Trinajstić information content (AvgIpc) is 3.14. The molecule has 2 fully saturated rings. The highest BCUT2D eigenvalue weighted by Crippen LogP contribution is 2.33. The van der Waals surface area contributed by atoms with Crippen LogP contribution < -0.4 is 4.90 Å². The van der Waals surface area contributed by atoms with Crippen LogP contribution in [-0.2, 0) is 6.18 Å². The second-order valence-electron chi connectivity index (χ2n) is 7.62. The van der Waals surface area contributed by atoms with Gasteiger partial charge in [-0.1, -0.05) is 0 Å². The Morgan fingerprint density at radius 1 is 1.00 bits per heavy atom. The van der Waals surface area contributed by atoms with Gasteiger partial charge < -0.3 is 4.90 Å². The molecule has 0 bridgehead atoms. The SMILES string of the molecule is CC1CCCN1C1CCN(c2cc(C(F)(F)F)nc(-c3ccncc3)n2)CC1. The standard InChI is InChI=1S/C20H24F3N5/c1-14-3-2-10-28(14)16-6-11-27(12-7-16)18-13-17(20(21,22)23)25-19(26-18)15-4-8-24-9-5-15/h4-5,8-9,13-14,16H,2-3,6-7,10-12H2,1H3. The Morgan fingerprint density at radius 3 is 2.32 bits per heavy atom. The van der Waals surface area contributed by atoms with E-state index >= 15 is 0 Å². The van der Waals surface area contributed by atoms with Crippen molar-refractivity contribution in [1.82, 2.24) is 19.9 Å². The van der Waals surface area contributed by atoms with E-state index in [9.17, 15) is 13.2 Å². The Bertz CT molecular complexity index is 803. The highest BCUT2D eigenvalue weighted by Gasteiger charge is 2.35. The molecule has 2 aliphatic heterocycles. The molecule has 0 spiro atoms. The molecular weight excluding hydrogens is 367 g/mol. The molecule has 28 heavy (non-hydrogen) atoms. The number of alkyl halides is 3. The summed E-state index contributed by atoms with van der Waals surface area (Å²) >= 11 is 0. The minimum absolute atomic E-state index is 0.0857. The Labute approximate surface area is 162 Å². The van der Waals surface area contributed by atoms with Crippen LogP contribution in [0.5, 0.6) is 0 Å². The van der Waals surface area contributed by atoms with E-state index in [1.165, 1.54) is 25.2 Å². The van der Waals surface area contributed by atoms with Gasteiger partial charge in [-0.15, -0.1) is 0 Å². The van der Waals surface area contributed by atoms with E-state index in [1.54, 1.807) is 12.1 Å². The maximum Gasteiger partial charge on any atom is 0.433 e. The fraction of sp³-hybridized carbons (Fsp3) is 0.550. The summed E-state index contributed by atoms with van der Waals surface area (Å²) in [5, 5.41) is 0. The van der Waals surface area contributed by atoms with Crippen molar-refractivity contribution in [2.24, 2.45) is 0 Å². The lowest BCUT2D eigenvalue weighted by Crippen LogP contribution is -2.46. The lowest BCUT2D eigenvalue weighted by Gasteiger charge is -2.39. The molecular formula is C20H24F3N5. The summed E-state index contributed by atoms with van der Waals surface area (Å²) in [6.45, 7) is 4.81. The van der Waals surface area contributed by atoms with Crippen molar-refractivity contribution in [2.45, 2.75) is 50.9 Å². The molecule has 2 saturated heterocycles. The van der Waals surface area contributed by atoms with Crippen molar-refractivity contribution in [2.75, 3.05) is 24.5 Å². The van der Waals surface area contributed by atoms with Gasteiger partial charge in [-0.25, -0.2) is 9.97 Å². The van der Waals surface area contributed by atoms with Crippen molar-refractivity contribution in [3.63, 3.8) is 0 Å². The third kappa shape index (κ3) is 3.97. The first kappa shape index (κ1) is 19.1. The smallest absolute Gasteiger partial charge is 0.356 e. The maximum absolute atomic E-state index is 13.4. The van der Waals surface area contributed by atoms with Crippen LogP contribution in [0.1, 0.15) is 38.3 Å². The molecule has 1 atom stereocenters. The Kier molecular flexibility index (Phi) is 5.23. The fourth-order valence-electron chi connectivity index (χ4n) is 4.30. The predicted molar refractivity (Wildman–Crippen MR) is 101 cm³/mol. The largest absolute Gasteiger partial charge is 0.433 e. The molecule has 0 aromatic carbocycles. The van der Waals surface area contributed by atoms with Crippen molar-refractivity contribution < 1.29 is 13.2 Å². The van der Waals surface area contributed by atoms with E-state index < -0.39 is 11.9 Å². The normalized spacial score (nSPS) is 22.0. The van der Waals surface area contributed by atoms with Gasteiger partial charge in [-0.2, -0.15) is 13.2 Å². The number of anilines is 1. The van der Waals surface area contributed by atoms with E-state index in [1.807, 2.05) is 4.90 Å². The van der Waals surface area contributed by atoms with Crippen LogP contribution >= 0.6 is 0 Å². The van der Waals surface area contributed by atoms with Crippen LogP contribution in [0.4, 0.5) is 19.0 Å². The van der Waals surface area contributed by atoms with E-state index in [-0.39, 0.29) is 5.82 Å². The molecule has 5 nitrogen and oxygen atoms in total. The Morgan fingerprint density at radius 2 is 1.71 bits per heavy atom. The number of halogens is 3. The average molecular weight is 391 g/mol. The van der Waals surface area contributed by atoms with Gasteiger partial charge in [0, 0.05) is 49.2 Å². The van der Waals surface area contributed by atoms with Gasteiger partial charge in [0.1, 0.15) is 5.82 Å². The number of piperidine rings is 1. The number of rotatable bonds is 3. The summed E-state index contributed by atoms with van der Waals surface area (Å²) in [6.07, 6.45) is 2.90. The minimum atomic E-state index is -4.51. The third-order valence-electron chi connectivity index (χ3n) is 5.80. The summed E-state index contributed by atoms with van der Waals surface area (Å²) < 4.78 is 40.2. The second-order valence-corrected chi connectivity index (χ2v) is 7.62. The molecule has 2 aromatic heterocycles. The number of hydrogen-bond donors (Lipinski definition) is 0. The number of hydrogen-bond acceptors (Lipinski definition) is 5. The van der Waals surface area contributed by atoms with E-state index in [0.29, 0.717) is 36.6 Å². The maximum atomic E-state index is 13.4. The predicted octanol–water partition coefficient (Wildman–Crippen LogP) is 4.01. The first-order valence-corrected chi connectivity index (χ1v) is 9.79. The van der Waals surface area contributed by atoms with Gasteiger partial charge in [0.15, 0.2) is 11.5 Å². The molecule has 1 unspecified atom stereocenters. The lowest BCUT2D eigenvalue weighted by atomic mass is 10.0. The minimum Gasteiger partial charge on any atom is -0.356 e. The van der Waals surface area contributed by atoms with Gasteiger partial charge in [-0.05, 0) is 51.3 Å². The van der Waals surface area contributed by atoms with Crippen LogP contribution in [0.25, 0.3) is 11.4 Å². The number of pyridine rings is 1. The quantitative estimate of drug-likeness (QED) is 0.791. The number of nitrogens with zero attached hydrogens (tertiary/aromatic N) is 5. The lowest BCUT2D eigenvalue weighted by molar-refractivity contribution is -0.141. The van der Waals surface area contributed by atoms with E-state index in [2.05, 4.69) is 26.8 Å². The zero-order valence-corrected chi connectivity index (χ0v) is 15.9. The zero-order chi connectivity index (χ0) is 19.7. The molecule has 4 heterocycles. The Balaban J connectivity index is 1.57. The molecule has 0 N–H and O–H groups in total. The van der Waals surface area contributed by atoms with Crippen molar-refractivity contribution >= 4 is 5.82 Å². The summed E-state index contributed by atoms with van der Waals surface area (Å²) in [5.41, 5.74) is -0.372. The van der Waals surface area contributed by atoms with E-state index in [4.69, 9.17) is 0 Å². The molecule has 8 heteroatoms. The third-order valence-corrected chi connectivity index (χ3v) is 5.80. The Hall–Kier alpha value is -2.22.